The molecule has 1 aliphatic rings. The first kappa shape index (κ1) is 14.4. The fourth-order valence-corrected chi connectivity index (χ4v) is 2.62. The van der Waals surface area contributed by atoms with Crippen molar-refractivity contribution in [1.82, 2.24) is 19.9 Å². The number of likely N-dealkylation sites (N-methyl/N-ethyl adjacent to an activating group) is 1. The van der Waals surface area contributed by atoms with Crippen LogP contribution >= 0.6 is 23.2 Å². The Hall–Kier alpha value is -1.59. The maximum Gasteiger partial charge on any atom is 0.244 e. The van der Waals surface area contributed by atoms with Gasteiger partial charge < -0.3 is 4.90 Å². The topological polar surface area (TPSA) is 51.0 Å². The molecule has 1 amide bonds. The number of hydrogen-bond acceptors (Lipinski definition) is 3. The summed E-state index contributed by atoms with van der Waals surface area (Å²) in [6.45, 7) is 0.186. The Morgan fingerprint density at radius 2 is 2.19 bits per heavy atom. The van der Waals surface area contributed by atoms with Crippen LogP contribution in [0.25, 0.3) is 11.3 Å². The van der Waals surface area contributed by atoms with Crippen LogP contribution in [0.4, 0.5) is 0 Å². The van der Waals surface area contributed by atoms with Crippen LogP contribution in [0.2, 0.25) is 10.0 Å². The van der Waals surface area contributed by atoms with E-state index in [1.165, 1.54) is 4.68 Å². The summed E-state index contributed by atoms with van der Waals surface area (Å²) in [4.78, 5) is 13.8. The highest BCUT2D eigenvalue weighted by Gasteiger charge is 2.29. The van der Waals surface area contributed by atoms with E-state index in [9.17, 15) is 4.79 Å². The third-order valence-electron chi connectivity index (χ3n) is 3.53. The van der Waals surface area contributed by atoms with Gasteiger partial charge in [0, 0.05) is 23.7 Å². The summed E-state index contributed by atoms with van der Waals surface area (Å²) in [5.41, 5.74) is 1.37. The lowest BCUT2D eigenvalue weighted by Crippen LogP contribution is -2.32. The van der Waals surface area contributed by atoms with E-state index in [1.807, 2.05) is 7.05 Å². The van der Waals surface area contributed by atoms with Crippen LogP contribution in [0.15, 0.2) is 24.4 Å². The Kier molecular flexibility index (Phi) is 3.87. The predicted octanol–water partition coefficient (Wildman–Crippen LogP) is 2.87. The number of amides is 1. The van der Waals surface area contributed by atoms with Gasteiger partial charge in [-0.25, -0.2) is 4.68 Å². The van der Waals surface area contributed by atoms with E-state index < -0.39 is 0 Å². The van der Waals surface area contributed by atoms with Gasteiger partial charge in [-0.1, -0.05) is 28.4 Å². The summed E-state index contributed by atoms with van der Waals surface area (Å²) in [6.07, 6.45) is 3.89. The normalized spacial score (nSPS) is 14.2. The number of carbonyl (C=O) groups excluding carboxylic acids is 1. The summed E-state index contributed by atoms with van der Waals surface area (Å²) in [5, 5.41) is 9.13. The molecule has 2 aromatic rings. The van der Waals surface area contributed by atoms with Crippen LogP contribution in [-0.4, -0.2) is 38.9 Å². The average Bonchev–Trinajstić information content (AvgIpc) is 3.19. The van der Waals surface area contributed by atoms with Gasteiger partial charge in [0.2, 0.25) is 5.91 Å². The second-order valence-corrected chi connectivity index (χ2v) is 6.00. The highest BCUT2D eigenvalue weighted by atomic mass is 35.5. The summed E-state index contributed by atoms with van der Waals surface area (Å²) in [6, 6.07) is 5.58. The van der Waals surface area contributed by atoms with Crippen molar-refractivity contribution < 1.29 is 4.79 Å². The molecule has 0 N–H and O–H groups in total. The Balaban J connectivity index is 1.75. The van der Waals surface area contributed by atoms with E-state index in [0.717, 1.165) is 18.4 Å². The number of nitrogens with zero attached hydrogens (tertiary/aromatic N) is 4. The van der Waals surface area contributed by atoms with Gasteiger partial charge in [0.05, 0.1) is 11.2 Å². The van der Waals surface area contributed by atoms with Crippen LogP contribution in [0.1, 0.15) is 12.8 Å². The lowest BCUT2D eigenvalue weighted by Gasteiger charge is -2.15. The van der Waals surface area contributed by atoms with E-state index in [4.69, 9.17) is 23.2 Å². The SMILES string of the molecule is CN(C(=O)Cn1cc(-c2ccc(Cl)cc2Cl)nn1)C1CC1. The van der Waals surface area contributed by atoms with Gasteiger partial charge in [-0.15, -0.1) is 5.10 Å². The Labute approximate surface area is 132 Å². The van der Waals surface area contributed by atoms with Gasteiger partial charge >= 0.3 is 0 Å². The molecule has 0 bridgehead atoms. The third-order valence-corrected chi connectivity index (χ3v) is 4.08. The number of hydrogen-bond donors (Lipinski definition) is 0. The minimum absolute atomic E-state index is 0.0381. The monoisotopic (exact) mass is 324 g/mol. The Morgan fingerprint density at radius 1 is 1.43 bits per heavy atom. The van der Waals surface area contributed by atoms with Gasteiger partial charge in [-0.2, -0.15) is 0 Å². The number of aromatic nitrogens is 3. The second-order valence-electron chi connectivity index (χ2n) is 5.16. The molecule has 1 fully saturated rings. The molecule has 0 atom stereocenters. The van der Waals surface area contributed by atoms with Gasteiger partial charge in [0.1, 0.15) is 12.2 Å². The number of halogens is 2. The van der Waals surface area contributed by atoms with Crippen molar-refractivity contribution in [3.63, 3.8) is 0 Å². The van der Waals surface area contributed by atoms with Crippen molar-refractivity contribution in [1.29, 1.82) is 0 Å². The highest BCUT2D eigenvalue weighted by molar-refractivity contribution is 6.36. The zero-order chi connectivity index (χ0) is 15.0. The fourth-order valence-electron chi connectivity index (χ4n) is 2.11. The minimum Gasteiger partial charge on any atom is -0.341 e. The molecule has 0 unspecified atom stereocenters. The van der Waals surface area contributed by atoms with Crippen LogP contribution in [0.5, 0.6) is 0 Å². The first-order valence-corrected chi connectivity index (χ1v) is 7.41. The molecule has 1 saturated carbocycles. The summed E-state index contributed by atoms with van der Waals surface area (Å²) >= 11 is 12.0. The molecule has 0 aliphatic heterocycles. The van der Waals surface area contributed by atoms with Crippen LogP contribution in [0, 0.1) is 0 Å². The first-order valence-electron chi connectivity index (χ1n) is 6.66. The molecule has 7 heteroatoms. The molecule has 0 radical (unpaired) electrons. The molecular weight excluding hydrogens is 311 g/mol. The van der Waals surface area contributed by atoms with E-state index in [0.29, 0.717) is 21.8 Å². The van der Waals surface area contributed by atoms with Crippen LogP contribution in [0.3, 0.4) is 0 Å². The molecule has 5 nitrogen and oxygen atoms in total. The average molecular weight is 325 g/mol. The molecule has 21 heavy (non-hydrogen) atoms. The van der Waals surface area contributed by atoms with Crippen LogP contribution < -0.4 is 0 Å². The minimum atomic E-state index is 0.0381. The lowest BCUT2D eigenvalue weighted by atomic mass is 10.2. The maximum absolute atomic E-state index is 12.0. The van der Waals surface area contributed by atoms with E-state index in [1.54, 1.807) is 29.3 Å². The molecule has 0 saturated heterocycles. The zero-order valence-electron chi connectivity index (χ0n) is 11.5. The van der Waals surface area contributed by atoms with Crippen molar-refractivity contribution in [2.75, 3.05) is 7.05 Å². The van der Waals surface area contributed by atoms with Crippen LogP contribution in [-0.2, 0) is 11.3 Å². The smallest absolute Gasteiger partial charge is 0.244 e. The molecule has 1 aliphatic carbocycles. The number of carbonyl (C=O) groups is 1. The maximum atomic E-state index is 12.0. The van der Waals surface area contributed by atoms with Crippen molar-refractivity contribution in [3.05, 3.63) is 34.4 Å². The molecule has 1 aromatic carbocycles. The highest BCUT2D eigenvalue weighted by Crippen LogP contribution is 2.29. The number of benzene rings is 1. The summed E-state index contributed by atoms with van der Waals surface area (Å²) in [5.74, 6) is 0.0381. The molecule has 1 heterocycles. The fraction of sp³-hybridized carbons (Fsp3) is 0.357. The quantitative estimate of drug-likeness (QED) is 0.868. The van der Waals surface area contributed by atoms with Gasteiger partial charge in [0.25, 0.3) is 0 Å². The molecule has 3 rings (SSSR count). The van der Waals surface area contributed by atoms with E-state index in [-0.39, 0.29) is 12.5 Å². The molecular formula is C14H14Cl2N4O. The largest absolute Gasteiger partial charge is 0.341 e. The van der Waals surface area contributed by atoms with Crippen molar-refractivity contribution in [2.45, 2.75) is 25.4 Å². The zero-order valence-corrected chi connectivity index (χ0v) is 13.0. The molecule has 0 spiro atoms. The van der Waals surface area contributed by atoms with Crippen molar-refractivity contribution in [2.24, 2.45) is 0 Å². The lowest BCUT2D eigenvalue weighted by molar-refractivity contribution is -0.131. The standard InChI is InChI=1S/C14H14Cl2N4O/c1-19(10-3-4-10)14(21)8-20-7-13(17-18-20)11-5-2-9(15)6-12(11)16/h2,5-7,10H,3-4,8H2,1H3. The third kappa shape index (κ3) is 3.19. The van der Waals surface area contributed by atoms with Crippen molar-refractivity contribution >= 4 is 29.1 Å². The van der Waals surface area contributed by atoms with Crippen molar-refractivity contribution in [3.8, 4) is 11.3 Å². The molecule has 110 valence electrons. The Morgan fingerprint density at radius 3 is 2.86 bits per heavy atom. The summed E-state index contributed by atoms with van der Waals surface area (Å²) < 4.78 is 1.53. The number of rotatable bonds is 4. The van der Waals surface area contributed by atoms with E-state index in [2.05, 4.69) is 10.3 Å². The van der Waals surface area contributed by atoms with E-state index >= 15 is 0 Å². The Bertz CT molecular complexity index is 681. The first-order chi connectivity index (χ1) is 10.0. The summed E-state index contributed by atoms with van der Waals surface area (Å²) in [7, 11) is 1.83. The molecule has 1 aromatic heterocycles. The second kappa shape index (κ2) is 5.66. The van der Waals surface area contributed by atoms with Gasteiger partial charge in [0.15, 0.2) is 0 Å². The van der Waals surface area contributed by atoms with Gasteiger partial charge in [-0.3, -0.25) is 4.79 Å². The predicted molar refractivity (Wildman–Crippen MR) is 81.3 cm³/mol. The van der Waals surface area contributed by atoms with Gasteiger partial charge in [-0.05, 0) is 31.0 Å².